The Morgan fingerprint density at radius 3 is 2.80 bits per heavy atom. The molecule has 0 fully saturated rings. The third-order valence-electron chi connectivity index (χ3n) is 3.13. The zero-order chi connectivity index (χ0) is 18.6. The Bertz CT molecular complexity index is 803. The van der Waals surface area contributed by atoms with Crippen LogP contribution in [0.25, 0.3) is 11.3 Å². The van der Waals surface area contributed by atoms with Gasteiger partial charge in [-0.25, -0.2) is 19.2 Å². The predicted octanol–water partition coefficient (Wildman–Crippen LogP) is 5.01. The number of allylic oxidation sites excluding steroid dienone is 1. The summed E-state index contributed by atoms with van der Waals surface area (Å²) in [7, 11) is 0. The minimum absolute atomic E-state index is 0.0599. The first kappa shape index (κ1) is 18.9. The highest BCUT2D eigenvalue weighted by Crippen LogP contribution is 2.31. The maximum atomic E-state index is 14.2. The van der Waals surface area contributed by atoms with Crippen LogP contribution in [0.4, 0.5) is 14.9 Å². The lowest BCUT2D eigenvalue weighted by molar-refractivity contribution is 0.0636. The van der Waals surface area contributed by atoms with Crippen molar-refractivity contribution in [3.8, 4) is 11.3 Å². The molecule has 132 valence electrons. The van der Waals surface area contributed by atoms with Crippen molar-refractivity contribution in [2.24, 2.45) is 0 Å². The molecule has 2 rings (SSSR count). The number of carbonyl (C=O) groups is 1. The highest BCUT2D eigenvalue weighted by Gasteiger charge is 2.19. The largest absolute Gasteiger partial charge is 0.444 e. The number of halogens is 2. The molecule has 0 aliphatic carbocycles. The average molecular weight is 364 g/mol. The van der Waals surface area contributed by atoms with Crippen molar-refractivity contribution < 1.29 is 13.9 Å². The van der Waals surface area contributed by atoms with Crippen molar-refractivity contribution in [1.29, 1.82) is 0 Å². The molecule has 1 amide bonds. The Hall–Kier alpha value is -2.47. The fourth-order valence-electron chi connectivity index (χ4n) is 2.24. The second-order valence-corrected chi connectivity index (χ2v) is 6.63. The van der Waals surface area contributed by atoms with Gasteiger partial charge in [0, 0.05) is 11.3 Å². The van der Waals surface area contributed by atoms with Crippen LogP contribution >= 0.6 is 11.6 Å². The van der Waals surface area contributed by atoms with Crippen LogP contribution in [0.3, 0.4) is 0 Å². The number of anilines is 1. The molecule has 1 N–H and O–H groups in total. The van der Waals surface area contributed by atoms with Gasteiger partial charge in [-0.3, -0.25) is 5.32 Å². The van der Waals surface area contributed by atoms with Crippen molar-refractivity contribution >= 4 is 23.4 Å². The first-order chi connectivity index (χ1) is 11.7. The van der Waals surface area contributed by atoms with Gasteiger partial charge in [-0.15, -0.1) is 6.58 Å². The summed E-state index contributed by atoms with van der Waals surface area (Å²) in [6.45, 7) is 9.02. The van der Waals surface area contributed by atoms with Crippen LogP contribution in [0.2, 0.25) is 5.28 Å². The molecule has 0 aliphatic rings. The number of ether oxygens (including phenoxy) is 1. The molecule has 0 spiro atoms. The summed E-state index contributed by atoms with van der Waals surface area (Å²) < 4.78 is 19.4. The molecule has 7 heteroatoms. The molecule has 0 atom stereocenters. The number of hydrogen-bond acceptors (Lipinski definition) is 4. The number of aromatic nitrogens is 2. The van der Waals surface area contributed by atoms with Gasteiger partial charge in [-0.05, 0) is 50.4 Å². The summed E-state index contributed by atoms with van der Waals surface area (Å²) in [6, 6.07) is 5.08. The van der Waals surface area contributed by atoms with Gasteiger partial charge in [-0.1, -0.05) is 18.2 Å². The number of rotatable bonds is 4. The normalized spacial score (nSPS) is 11.1. The van der Waals surface area contributed by atoms with E-state index in [1.54, 1.807) is 45.0 Å². The first-order valence-electron chi connectivity index (χ1n) is 7.62. The van der Waals surface area contributed by atoms with Crippen LogP contribution in [0, 0.1) is 5.82 Å². The molecular formula is C18H19ClFN3O2. The van der Waals surface area contributed by atoms with E-state index < -0.39 is 17.5 Å². The summed E-state index contributed by atoms with van der Waals surface area (Å²) in [6.07, 6.45) is 2.45. The Balaban J connectivity index is 2.47. The van der Waals surface area contributed by atoms with Crippen molar-refractivity contribution in [3.05, 3.63) is 53.7 Å². The zero-order valence-electron chi connectivity index (χ0n) is 14.3. The zero-order valence-corrected chi connectivity index (χ0v) is 15.0. The summed E-state index contributed by atoms with van der Waals surface area (Å²) >= 11 is 5.79. The first-order valence-corrected chi connectivity index (χ1v) is 8.00. The molecule has 0 aliphatic heterocycles. The lowest BCUT2D eigenvalue weighted by atomic mass is 9.99. The highest BCUT2D eigenvalue weighted by atomic mass is 35.5. The average Bonchev–Trinajstić information content (AvgIpc) is 2.50. The Labute approximate surface area is 150 Å². The highest BCUT2D eigenvalue weighted by molar-refractivity contribution is 6.28. The number of amides is 1. The minimum atomic E-state index is -0.632. The van der Waals surface area contributed by atoms with Gasteiger partial charge >= 0.3 is 6.09 Å². The van der Waals surface area contributed by atoms with E-state index in [0.29, 0.717) is 23.2 Å². The molecule has 0 saturated carbocycles. The molecule has 1 aromatic heterocycles. The lowest BCUT2D eigenvalue weighted by Crippen LogP contribution is -2.27. The quantitative estimate of drug-likeness (QED) is 0.612. The van der Waals surface area contributed by atoms with Gasteiger partial charge in [0.05, 0.1) is 6.20 Å². The third kappa shape index (κ3) is 5.00. The number of benzene rings is 1. The van der Waals surface area contributed by atoms with E-state index in [1.165, 1.54) is 0 Å². The van der Waals surface area contributed by atoms with E-state index in [2.05, 4.69) is 21.9 Å². The van der Waals surface area contributed by atoms with Gasteiger partial charge in [0.15, 0.2) is 5.82 Å². The van der Waals surface area contributed by atoms with Crippen LogP contribution < -0.4 is 5.32 Å². The van der Waals surface area contributed by atoms with Gasteiger partial charge < -0.3 is 4.74 Å². The van der Waals surface area contributed by atoms with Crippen LogP contribution in [-0.2, 0) is 11.2 Å². The standard InChI is InChI=1S/C18H19ClFN3O2/c1-5-7-11-12(15-13(20)10-21-16(19)23-15)8-6-9-14(11)22-17(24)25-18(2,3)4/h5-6,8-10H,1,7H2,2-4H3,(H,22,24). The Morgan fingerprint density at radius 2 is 2.16 bits per heavy atom. The second kappa shape index (κ2) is 7.61. The van der Waals surface area contributed by atoms with Crippen LogP contribution in [0.5, 0.6) is 0 Å². The number of nitrogens with zero attached hydrogens (tertiary/aromatic N) is 2. The third-order valence-corrected chi connectivity index (χ3v) is 3.31. The molecular weight excluding hydrogens is 345 g/mol. The van der Waals surface area contributed by atoms with Crippen molar-refractivity contribution in [3.63, 3.8) is 0 Å². The Morgan fingerprint density at radius 1 is 1.44 bits per heavy atom. The van der Waals surface area contributed by atoms with Crippen LogP contribution in [0.1, 0.15) is 26.3 Å². The topological polar surface area (TPSA) is 64.1 Å². The fraction of sp³-hybridized carbons (Fsp3) is 0.278. The summed E-state index contributed by atoms with van der Waals surface area (Å²) in [4.78, 5) is 19.7. The van der Waals surface area contributed by atoms with Crippen molar-refractivity contribution in [2.75, 3.05) is 5.32 Å². The summed E-state index contributed by atoms with van der Waals surface area (Å²) in [5.41, 5.74) is 1.06. The van der Waals surface area contributed by atoms with Gasteiger partial charge in [0.1, 0.15) is 11.3 Å². The van der Waals surface area contributed by atoms with Gasteiger partial charge in [-0.2, -0.15) is 0 Å². The summed E-state index contributed by atoms with van der Waals surface area (Å²) in [5, 5.41) is 2.62. The van der Waals surface area contributed by atoms with E-state index in [-0.39, 0.29) is 11.0 Å². The molecule has 25 heavy (non-hydrogen) atoms. The molecule has 0 radical (unpaired) electrons. The van der Waals surface area contributed by atoms with Crippen molar-refractivity contribution in [1.82, 2.24) is 9.97 Å². The molecule has 2 aromatic rings. The van der Waals surface area contributed by atoms with E-state index >= 15 is 0 Å². The molecule has 0 saturated heterocycles. The SMILES string of the molecule is C=CCc1c(NC(=O)OC(C)(C)C)cccc1-c1nc(Cl)ncc1F. The number of carbonyl (C=O) groups excluding carboxylic acids is 1. The molecule has 5 nitrogen and oxygen atoms in total. The predicted molar refractivity (Wildman–Crippen MR) is 96.2 cm³/mol. The van der Waals surface area contributed by atoms with Crippen molar-refractivity contribution in [2.45, 2.75) is 32.8 Å². The van der Waals surface area contributed by atoms with Gasteiger partial charge in [0.25, 0.3) is 0 Å². The fourth-order valence-corrected chi connectivity index (χ4v) is 2.37. The number of hydrogen-bond donors (Lipinski definition) is 1. The van der Waals surface area contributed by atoms with E-state index in [0.717, 1.165) is 6.20 Å². The Kier molecular flexibility index (Phi) is 5.74. The minimum Gasteiger partial charge on any atom is -0.444 e. The van der Waals surface area contributed by atoms with E-state index in [4.69, 9.17) is 16.3 Å². The van der Waals surface area contributed by atoms with Crippen LogP contribution in [-0.4, -0.2) is 21.7 Å². The maximum Gasteiger partial charge on any atom is 0.412 e. The second-order valence-electron chi connectivity index (χ2n) is 6.29. The summed E-state index contributed by atoms with van der Waals surface area (Å²) in [5.74, 6) is -0.607. The van der Waals surface area contributed by atoms with E-state index in [9.17, 15) is 9.18 Å². The maximum absolute atomic E-state index is 14.2. The van der Waals surface area contributed by atoms with E-state index in [1.807, 2.05) is 0 Å². The van der Waals surface area contributed by atoms with Crippen LogP contribution in [0.15, 0.2) is 37.1 Å². The molecule has 0 bridgehead atoms. The lowest BCUT2D eigenvalue weighted by Gasteiger charge is -2.21. The molecule has 1 heterocycles. The molecule has 0 unspecified atom stereocenters. The van der Waals surface area contributed by atoms with Gasteiger partial charge in [0.2, 0.25) is 5.28 Å². The monoisotopic (exact) mass is 363 g/mol. The smallest absolute Gasteiger partial charge is 0.412 e. The molecule has 1 aromatic carbocycles. The number of nitrogens with one attached hydrogen (secondary N) is 1.